The van der Waals surface area contributed by atoms with Crippen molar-refractivity contribution in [2.24, 2.45) is 5.73 Å². The Morgan fingerprint density at radius 2 is 1.88 bits per heavy atom. The van der Waals surface area contributed by atoms with E-state index in [2.05, 4.69) is 0 Å². The Labute approximate surface area is 136 Å². The molecule has 4 nitrogen and oxygen atoms in total. The fourth-order valence-corrected chi connectivity index (χ4v) is 3.05. The number of ketones is 1. The van der Waals surface area contributed by atoms with Gasteiger partial charge in [0.1, 0.15) is 17.4 Å². The molecule has 1 aliphatic heterocycles. The molecule has 0 fully saturated rings. The van der Waals surface area contributed by atoms with Crippen LogP contribution in [0.15, 0.2) is 47.1 Å². The summed E-state index contributed by atoms with van der Waals surface area (Å²) in [5, 5.41) is 9.37. The maximum absolute atomic E-state index is 12.7. The van der Waals surface area contributed by atoms with Crippen LogP contribution in [0, 0.1) is 11.3 Å². The Morgan fingerprint density at radius 1 is 1.21 bits per heavy atom. The summed E-state index contributed by atoms with van der Waals surface area (Å²) < 4.78 is 43.6. The molecule has 0 spiro atoms. The van der Waals surface area contributed by atoms with E-state index in [4.69, 9.17) is 10.5 Å². The lowest BCUT2D eigenvalue weighted by Crippen LogP contribution is -2.27. The molecule has 3 rings (SSSR count). The van der Waals surface area contributed by atoms with E-state index in [1.807, 2.05) is 6.07 Å². The van der Waals surface area contributed by atoms with Gasteiger partial charge in [0.05, 0.1) is 11.5 Å². The highest BCUT2D eigenvalue weighted by atomic mass is 19.4. The van der Waals surface area contributed by atoms with E-state index in [1.165, 1.54) is 12.1 Å². The van der Waals surface area contributed by atoms with Crippen LogP contribution in [0.5, 0.6) is 0 Å². The Bertz CT molecular complexity index is 799. The van der Waals surface area contributed by atoms with E-state index in [0.29, 0.717) is 36.2 Å². The van der Waals surface area contributed by atoms with E-state index < -0.39 is 17.7 Å². The van der Waals surface area contributed by atoms with Crippen molar-refractivity contribution in [3.8, 4) is 6.07 Å². The zero-order chi connectivity index (χ0) is 17.5. The van der Waals surface area contributed by atoms with E-state index in [1.54, 1.807) is 0 Å². The van der Waals surface area contributed by atoms with Gasteiger partial charge in [-0.05, 0) is 24.1 Å². The first kappa shape index (κ1) is 16.1. The standard InChI is InChI=1S/C17H13F3N2O2/c18-17(19,20)10-6-4-9(5-7-10)14-11(8-21)16(22)24-13-3-1-2-12(23)15(13)14/h4-7,14H,1-3,22H2/t14-/m0/s1. The summed E-state index contributed by atoms with van der Waals surface area (Å²) in [6, 6.07) is 6.34. The van der Waals surface area contributed by atoms with Crippen molar-refractivity contribution < 1.29 is 22.7 Å². The predicted octanol–water partition coefficient (Wildman–Crippen LogP) is 3.52. The molecule has 0 amide bonds. The summed E-state index contributed by atoms with van der Waals surface area (Å²) in [5.74, 6) is -0.640. The van der Waals surface area contributed by atoms with Crippen LogP contribution < -0.4 is 5.73 Å². The van der Waals surface area contributed by atoms with Crippen LogP contribution in [-0.2, 0) is 15.7 Å². The van der Waals surface area contributed by atoms with Crippen LogP contribution in [0.25, 0.3) is 0 Å². The number of carbonyl (C=O) groups is 1. The van der Waals surface area contributed by atoms with Gasteiger partial charge in [-0.1, -0.05) is 12.1 Å². The number of nitrogens with zero attached hydrogens (tertiary/aromatic N) is 1. The van der Waals surface area contributed by atoms with Crippen molar-refractivity contribution in [1.29, 1.82) is 5.26 Å². The van der Waals surface area contributed by atoms with Gasteiger partial charge in [0.15, 0.2) is 5.78 Å². The average molecular weight is 334 g/mol. The molecule has 0 bridgehead atoms. The molecule has 0 unspecified atom stereocenters. The number of halogens is 3. The number of carbonyl (C=O) groups excluding carboxylic acids is 1. The Hall–Kier alpha value is -2.75. The second-order valence-corrected chi connectivity index (χ2v) is 5.66. The quantitative estimate of drug-likeness (QED) is 0.852. The topological polar surface area (TPSA) is 76.1 Å². The van der Waals surface area contributed by atoms with Crippen LogP contribution in [-0.4, -0.2) is 5.78 Å². The normalized spacial score (nSPS) is 21.2. The highest BCUT2D eigenvalue weighted by molar-refractivity contribution is 5.99. The minimum Gasteiger partial charge on any atom is -0.444 e. The van der Waals surface area contributed by atoms with Gasteiger partial charge in [-0.25, -0.2) is 0 Å². The molecule has 1 aromatic rings. The van der Waals surface area contributed by atoms with Crippen LogP contribution in [0.4, 0.5) is 13.2 Å². The molecule has 0 radical (unpaired) electrons. The number of Topliss-reactive ketones (excluding diaryl/α,β-unsaturated/α-hetero) is 1. The Balaban J connectivity index is 2.11. The summed E-state index contributed by atoms with van der Waals surface area (Å²) in [7, 11) is 0. The van der Waals surface area contributed by atoms with Crippen LogP contribution in [0.2, 0.25) is 0 Å². The lowest BCUT2D eigenvalue weighted by molar-refractivity contribution is -0.137. The lowest BCUT2D eigenvalue weighted by Gasteiger charge is -2.31. The summed E-state index contributed by atoms with van der Waals surface area (Å²) in [4.78, 5) is 12.3. The molecule has 24 heavy (non-hydrogen) atoms. The molecule has 1 aromatic carbocycles. The maximum Gasteiger partial charge on any atom is 0.416 e. The lowest BCUT2D eigenvalue weighted by atomic mass is 9.77. The van der Waals surface area contributed by atoms with Crippen LogP contribution >= 0.6 is 0 Å². The molecular weight excluding hydrogens is 321 g/mol. The van der Waals surface area contributed by atoms with E-state index >= 15 is 0 Å². The number of ether oxygens (including phenoxy) is 1. The van der Waals surface area contributed by atoms with Gasteiger partial charge in [-0.15, -0.1) is 0 Å². The van der Waals surface area contributed by atoms with Crippen molar-refractivity contribution >= 4 is 5.78 Å². The second kappa shape index (κ2) is 5.71. The molecule has 1 atom stereocenters. The van der Waals surface area contributed by atoms with Gasteiger partial charge in [0, 0.05) is 18.4 Å². The number of nitrogens with two attached hydrogens (primary N) is 1. The van der Waals surface area contributed by atoms with Crippen LogP contribution in [0.3, 0.4) is 0 Å². The zero-order valence-electron chi connectivity index (χ0n) is 12.5. The molecule has 2 aliphatic rings. The van der Waals surface area contributed by atoms with Gasteiger partial charge < -0.3 is 10.5 Å². The molecule has 1 heterocycles. The average Bonchev–Trinajstić information content (AvgIpc) is 2.53. The molecule has 0 saturated carbocycles. The molecule has 0 saturated heterocycles. The van der Waals surface area contributed by atoms with Crippen LogP contribution in [0.1, 0.15) is 36.3 Å². The summed E-state index contributed by atoms with van der Waals surface area (Å²) in [6.45, 7) is 0. The Kier molecular flexibility index (Phi) is 3.84. The first-order chi connectivity index (χ1) is 11.3. The molecule has 7 heteroatoms. The fraction of sp³-hybridized carbons (Fsp3) is 0.294. The molecule has 2 N–H and O–H groups in total. The number of hydrogen-bond donors (Lipinski definition) is 1. The minimum atomic E-state index is -4.45. The molecule has 1 aliphatic carbocycles. The van der Waals surface area contributed by atoms with Gasteiger partial charge in [0.25, 0.3) is 0 Å². The number of hydrogen-bond acceptors (Lipinski definition) is 4. The van der Waals surface area contributed by atoms with Crippen molar-refractivity contribution in [2.75, 3.05) is 0 Å². The third kappa shape index (κ3) is 2.64. The molecule has 124 valence electrons. The Morgan fingerprint density at radius 3 is 2.46 bits per heavy atom. The number of rotatable bonds is 1. The monoisotopic (exact) mass is 334 g/mol. The van der Waals surface area contributed by atoms with Gasteiger partial charge in [-0.2, -0.15) is 18.4 Å². The minimum absolute atomic E-state index is 0.0451. The summed E-state index contributed by atoms with van der Waals surface area (Å²) in [6.07, 6.45) is -3.01. The van der Waals surface area contributed by atoms with Gasteiger partial charge >= 0.3 is 6.18 Å². The number of alkyl halides is 3. The van der Waals surface area contributed by atoms with Gasteiger partial charge in [0.2, 0.25) is 5.88 Å². The number of benzene rings is 1. The fourth-order valence-electron chi connectivity index (χ4n) is 3.05. The molecular formula is C17H13F3N2O2. The first-order valence-electron chi connectivity index (χ1n) is 7.34. The SMILES string of the molecule is N#CC1=C(N)OC2=C(C(=O)CCC2)[C@H]1c1ccc(C(F)(F)F)cc1. The third-order valence-electron chi connectivity index (χ3n) is 4.18. The highest BCUT2D eigenvalue weighted by Gasteiger charge is 2.38. The predicted molar refractivity (Wildman–Crippen MR) is 78.0 cm³/mol. The van der Waals surface area contributed by atoms with Crippen molar-refractivity contribution in [1.82, 2.24) is 0 Å². The van der Waals surface area contributed by atoms with Crippen molar-refractivity contribution in [3.63, 3.8) is 0 Å². The smallest absolute Gasteiger partial charge is 0.416 e. The largest absolute Gasteiger partial charge is 0.444 e. The number of allylic oxidation sites excluding steroid dienone is 3. The van der Waals surface area contributed by atoms with E-state index in [9.17, 15) is 23.2 Å². The van der Waals surface area contributed by atoms with Crippen molar-refractivity contribution in [2.45, 2.75) is 31.4 Å². The van der Waals surface area contributed by atoms with E-state index in [0.717, 1.165) is 12.1 Å². The first-order valence-corrected chi connectivity index (χ1v) is 7.34. The summed E-state index contributed by atoms with van der Waals surface area (Å²) in [5.41, 5.74) is 5.77. The zero-order valence-corrected chi connectivity index (χ0v) is 12.5. The third-order valence-corrected chi connectivity index (χ3v) is 4.18. The maximum atomic E-state index is 12.7. The highest BCUT2D eigenvalue weighted by Crippen LogP contribution is 2.43. The molecule has 0 aromatic heterocycles. The second-order valence-electron chi connectivity index (χ2n) is 5.66. The summed E-state index contributed by atoms with van der Waals surface area (Å²) >= 11 is 0. The van der Waals surface area contributed by atoms with E-state index in [-0.39, 0.29) is 17.2 Å². The van der Waals surface area contributed by atoms with Crippen molar-refractivity contribution in [3.05, 3.63) is 58.2 Å². The number of nitriles is 1. The van der Waals surface area contributed by atoms with Gasteiger partial charge in [-0.3, -0.25) is 4.79 Å².